The summed E-state index contributed by atoms with van der Waals surface area (Å²) in [7, 11) is 0. The van der Waals surface area contributed by atoms with E-state index in [2.05, 4.69) is 24.3 Å². The van der Waals surface area contributed by atoms with E-state index in [0.717, 1.165) is 17.5 Å². The van der Waals surface area contributed by atoms with Crippen molar-refractivity contribution in [1.82, 2.24) is 20.0 Å². The second-order valence-corrected chi connectivity index (χ2v) is 8.89. The summed E-state index contributed by atoms with van der Waals surface area (Å²) in [6, 6.07) is 9.30. The van der Waals surface area contributed by atoms with E-state index in [4.69, 9.17) is 4.74 Å². The van der Waals surface area contributed by atoms with Gasteiger partial charge in [0.1, 0.15) is 11.2 Å². The molecule has 1 N–H and O–H groups in total. The molecule has 1 aliphatic heterocycles. The average Bonchev–Trinajstić information content (AvgIpc) is 3.15. The standard InChI is InChI=1S/C24H32N4O4/c1-6-32-22(30)19-13-20-21(29)27(14-18-9-7-8-17(4)12-18)24(5,15-28(20)26-19)23(31)25-11-10-16(2)3/h7-9,12-13,16H,6,10-11,14-15H2,1-5H3,(H,25,31)/t24-/m1/s1. The lowest BCUT2D eigenvalue weighted by Crippen LogP contribution is -2.63. The number of amides is 2. The van der Waals surface area contributed by atoms with Crippen LogP contribution < -0.4 is 5.32 Å². The summed E-state index contributed by atoms with van der Waals surface area (Å²) in [5.41, 5.74) is 1.18. The van der Waals surface area contributed by atoms with Crippen LogP contribution in [0.2, 0.25) is 0 Å². The Morgan fingerprint density at radius 3 is 2.69 bits per heavy atom. The SMILES string of the molecule is CCOC(=O)c1cc2n(n1)C[C@](C)(C(=O)NCCC(C)C)N(Cc1cccc(C)c1)C2=O. The van der Waals surface area contributed by atoms with Gasteiger partial charge < -0.3 is 15.0 Å². The highest BCUT2D eigenvalue weighted by Gasteiger charge is 2.48. The van der Waals surface area contributed by atoms with Crippen LogP contribution in [0.5, 0.6) is 0 Å². The maximum Gasteiger partial charge on any atom is 0.358 e. The topological polar surface area (TPSA) is 93.5 Å². The average molecular weight is 441 g/mol. The van der Waals surface area contributed by atoms with E-state index in [1.807, 2.05) is 31.2 Å². The minimum atomic E-state index is -1.16. The number of carbonyl (C=O) groups excluding carboxylic acids is 3. The highest BCUT2D eigenvalue weighted by atomic mass is 16.5. The Kier molecular flexibility index (Phi) is 7.01. The van der Waals surface area contributed by atoms with Crippen molar-refractivity contribution in [2.45, 2.75) is 59.7 Å². The molecule has 172 valence electrons. The van der Waals surface area contributed by atoms with Gasteiger partial charge in [-0.3, -0.25) is 14.3 Å². The maximum atomic E-state index is 13.5. The molecule has 3 rings (SSSR count). The zero-order valence-corrected chi connectivity index (χ0v) is 19.5. The van der Waals surface area contributed by atoms with Crippen molar-refractivity contribution in [2.24, 2.45) is 5.92 Å². The molecule has 1 aliphatic rings. The highest BCUT2D eigenvalue weighted by Crippen LogP contribution is 2.29. The van der Waals surface area contributed by atoms with Gasteiger partial charge in [0.15, 0.2) is 5.69 Å². The van der Waals surface area contributed by atoms with E-state index >= 15 is 0 Å². The van der Waals surface area contributed by atoms with Crippen LogP contribution in [0.15, 0.2) is 30.3 Å². The fourth-order valence-electron chi connectivity index (χ4n) is 3.85. The van der Waals surface area contributed by atoms with Crippen molar-refractivity contribution in [3.63, 3.8) is 0 Å². The van der Waals surface area contributed by atoms with Crippen LogP contribution in [-0.4, -0.2) is 51.2 Å². The first kappa shape index (κ1) is 23.5. The number of aryl methyl sites for hydroxylation is 1. The summed E-state index contributed by atoms with van der Waals surface area (Å²) in [6.45, 7) is 10.8. The molecule has 32 heavy (non-hydrogen) atoms. The molecule has 1 aromatic carbocycles. The molecule has 1 aromatic heterocycles. The summed E-state index contributed by atoms with van der Waals surface area (Å²) < 4.78 is 6.48. The molecule has 1 atom stereocenters. The molecular weight excluding hydrogens is 408 g/mol. The Balaban J connectivity index is 1.97. The number of benzene rings is 1. The molecule has 0 aliphatic carbocycles. The molecule has 0 saturated heterocycles. The summed E-state index contributed by atoms with van der Waals surface area (Å²) in [5, 5.41) is 7.26. The molecule has 0 radical (unpaired) electrons. The maximum absolute atomic E-state index is 13.5. The van der Waals surface area contributed by atoms with Gasteiger partial charge in [-0.05, 0) is 38.7 Å². The molecular formula is C24H32N4O4. The molecule has 8 nitrogen and oxygen atoms in total. The van der Waals surface area contributed by atoms with Crippen LogP contribution in [0.1, 0.15) is 66.2 Å². The summed E-state index contributed by atoms with van der Waals surface area (Å²) in [4.78, 5) is 40.6. The fraction of sp³-hybridized carbons (Fsp3) is 0.500. The van der Waals surface area contributed by atoms with E-state index in [9.17, 15) is 14.4 Å². The van der Waals surface area contributed by atoms with Crippen LogP contribution in [0.3, 0.4) is 0 Å². The number of esters is 1. The van der Waals surface area contributed by atoms with Crippen LogP contribution in [0.25, 0.3) is 0 Å². The summed E-state index contributed by atoms with van der Waals surface area (Å²) >= 11 is 0. The molecule has 2 aromatic rings. The van der Waals surface area contributed by atoms with Gasteiger partial charge in [-0.15, -0.1) is 0 Å². The van der Waals surface area contributed by atoms with E-state index in [-0.39, 0.29) is 42.9 Å². The number of nitrogens with zero attached hydrogens (tertiary/aromatic N) is 3. The predicted octanol–water partition coefficient (Wildman–Crippen LogP) is 2.95. The lowest BCUT2D eigenvalue weighted by molar-refractivity contribution is -0.133. The number of hydrogen-bond acceptors (Lipinski definition) is 5. The zero-order chi connectivity index (χ0) is 23.5. The summed E-state index contributed by atoms with van der Waals surface area (Å²) in [6.07, 6.45) is 0.841. The zero-order valence-electron chi connectivity index (χ0n) is 19.5. The first-order chi connectivity index (χ1) is 15.2. The van der Waals surface area contributed by atoms with Crippen LogP contribution >= 0.6 is 0 Å². The highest BCUT2D eigenvalue weighted by molar-refractivity contribution is 6.01. The van der Waals surface area contributed by atoms with Crippen molar-refractivity contribution in [1.29, 1.82) is 0 Å². The summed E-state index contributed by atoms with van der Waals surface area (Å²) in [5.74, 6) is -0.722. The number of aromatic nitrogens is 2. The lowest BCUT2D eigenvalue weighted by Gasteiger charge is -2.43. The van der Waals surface area contributed by atoms with Gasteiger partial charge in [-0.1, -0.05) is 43.7 Å². The van der Waals surface area contributed by atoms with Crippen molar-refractivity contribution in [3.05, 3.63) is 52.8 Å². The smallest absolute Gasteiger partial charge is 0.358 e. The molecule has 2 amide bonds. The number of nitrogens with one attached hydrogen (secondary N) is 1. The third-order valence-electron chi connectivity index (χ3n) is 5.70. The monoisotopic (exact) mass is 440 g/mol. The molecule has 8 heteroatoms. The number of ether oxygens (including phenoxy) is 1. The largest absolute Gasteiger partial charge is 0.461 e. The van der Waals surface area contributed by atoms with Crippen molar-refractivity contribution < 1.29 is 19.1 Å². The second-order valence-electron chi connectivity index (χ2n) is 8.89. The number of rotatable bonds is 8. The lowest BCUT2D eigenvalue weighted by atomic mass is 9.93. The number of hydrogen-bond donors (Lipinski definition) is 1. The van der Waals surface area contributed by atoms with Crippen LogP contribution in [-0.2, 0) is 22.6 Å². The van der Waals surface area contributed by atoms with Crippen LogP contribution in [0.4, 0.5) is 0 Å². The van der Waals surface area contributed by atoms with Gasteiger partial charge in [0, 0.05) is 19.2 Å². The normalized spacial score (nSPS) is 17.9. The van der Waals surface area contributed by atoms with Gasteiger partial charge >= 0.3 is 5.97 Å². The van der Waals surface area contributed by atoms with Crippen LogP contribution in [0, 0.1) is 12.8 Å². The van der Waals surface area contributed by atoms with Gasteiger partial charge in [-0.25, -0.2) is 4.79 Å². The van der Waals surface area contributed by atoms with E-state index in [0.29, 0.717) is 12.5 Å². The molecule has 0 unspecified atom stereocenters. The van der Waals surface area contributed by atoms with Gasteiger partial charge in [-0.2, -0.15) is 5.10 Å². The van der Waals surface area contributed by atoms with Gasteiger partial charge in [0.2, 0.25) is 5.91 Å². The Morgan fingerprint density at radius 1 is 1.28 bits per heavy atom. The Hall–Kier alpha value is -3.16. The molecule has 0 fully saturated rings. The van der Waals surface area contributed by atoms with Gasteiger partial charge in [0.25, 0.3) is 5.91 Å². The van der Waals surface area contributed by atoms with E-state index in [1.54, 1.807) is 18.7 Å². The van der Waals surface area contributed by atoms with Crippen molar-refractivity contribution in [3.8, 4) is 0 Å². The predicted molar refractivity (Wildman–Crippen MR) is 120 cm³/mol. The number of carbonyl (C=O) groups is 3. The van der Waals surface area contributed by atoms with Crippen molar-refractivity contribution in [2.75, 3.05) is 13.2 Å². The Bertz CT molecular complexity index is 1010. The van der Waals surface area contributed by atoms with E-state index < -0.39 is 11.5 Å². The number of fused-ring (bicyclic) bond motifs is 1. The van der Waals surface area contributed by atoms with Crippen molar-refractivity contribution >= 4 is 17.8 Å². The minimum Gasteiger partial charge on any atom is -0.461 e. The second kappa shape index (κ2) is 9.54. The third kappa shape index (κ3) is 4.84. The minimum absolute atomic E-state index is 0.0650. The van der Waals surface area contributed by atoms with E-state index in [1.165, 1.54) is 10.7 Å². The molecule has 2 heterocycles. The first-order valence-corrected chi connectivity index (χ1v) is 11.1. The molecule has 0 saturated carbocycles. The molecule has 0 spiro atoms. The van der Waals surface area contributed by atoms with Gasteiger partial charge in [0.05, 0.1) is 13.2 Å². The third-order valence-corrected chi connectivity index (χ3v) is 5.70. The molecule has 0 bridgehead atoms. The Labute approximate surface area is 188 Å². The first-order valence-electron chi connectivity index (χ1n) is 11.1. The quantitative estimate of drug-likeness (QED) is 0.637. The fourth-order valence-corrected chi connectivity index (χ4v) is 3.85. The Morgan fingerprint density at radius 2 is 2.03 bits per heavy atom.